The van der Waals surface area contributed by atoms with Crippen LogP contribution in [-0.4, -0.2) is 0 Å². The summed E-state index contributed by atoms with van der Waals surface area (Å²) in [4.78, 5) is 0. The first-order valence-electron chi connectivity index (χ1n) is 4.52. The van der Waals surface area contributed by atoms with Crippen molar-refractivity contribution in [3.05, 3.63) is 71.2 Å². The molecule has 0 aliphatic heterocycles. The largest absolute Gasteiger partial charge is 0.0841 e. The van der Waals surface area contributed by atoms with Crippen LogP contribution in [0.2, 0.25) is 5.02 Å². The van der Waals surface area contributed by atoms with Gasteiger partial charge in [-0.25, -0.2) is 0 Å². The topological polar surface area (TPSA) is 0 Å². The summed E-state index contributed by atoms with van der Waals surface area (Å²) in [6.45, 7) is 1.99. The molecule has 0 radical (unpaired) electrons. The molecule has 0 saturated carbocycles. The Balaban J connectivity index is 0.000000146. The van der Waals surface area contributed by atoms with Crippen molar-refractivity contribution in [3.63, 3.8) is 0 Å². The van der Waals surface area contributed by atoms with Gasteiger partial charge in [-0.15, -0.1) is 0 Å². The van der Waals surface area contributed by atoms with E-state index in [0.29, 0.717) is 0 Å². The smallest absolute Gasteiger partial charge is 0.0435 e. The summed E-state index contributed by atoms with van der Waals surface area (Å²) in [5.74, 6) is 0. The Hall–Kier alpha value is -1.27. The van der Waals surface area contributed by atoms with Crippen LogP contribution in [0.4, 0.5) is 0 Å². The normalized spacial score (nSPS) is 8.71. The Bertz CT molecular complexity index is 307. The highest BCUT2D eigenvalue weighted by Crippen LogP contribution is 2.11. The lowest BCUT2D eigenvalue weighted by molar-refractivity contribution is 1.47. The molecule has 0 fully saturated rings. The fraction of sp³-hybridized carbons (Fsp3) is 0.0769. The van der Waals surface area contributed by atoms with Gasteiger partial charge < -0.3 is 0 Å². The average molecular weight is 205 g/mol. The van der Waals surface area contributed by atoms with Gasteiger partial charge in [0.25, 0.3) is 0 Å². The van der Waals surface area contributed by atoms with Crippen LogP contribution >= 0.6 is 11.6 Å². The molecule has 1 heteroatoms. The van der Waals surface area contributed by atoms with E-state index >= 15 is 0 Å². The zero-order valence-corrected chi connectivity index (χ0v) is 8.91. The molecule has 2 aromatic carbocycles. The van der Waals surface area contributed by atoms with Crippen molar-refractivity contribution in [1.82, 2.24) is 0 Å². The third kappa shape index (κ3) is 4.11. The van der Waals surface area contributed by atoms with Crippen molar-refractivity contribution >= 4 is 11.6 Å². The summed E-state index contributed by atoms with van der Waals surface area (Å²) in [6, 6.07) is 19.8. The highest BCUT2D eigenvalue weighted by molar-refractivity contribution is 6.31. The first kappa shape index (κ1) is 10.8. The minimum absolute atomic E-state index is 0.840. The summed E-state index contributed by atoms with van der Waals surface area (Å²) < 4.78 is 0. The molecular weight excluding hydrogens is 192 g/mol. The molecule has 72 valence electrons. The van der Waals surface area contributed by atoms with E-state index in [1.54, 1.807) is 0 Å². The van der Waals surface area contributed by atoms with Gasteiger partial charge in [0.2, 0.25) is 0 Å². The van der Waals surface area contributed by atoms with E-state index in [1.165, 1.54) is 0 Å². The van der Waals surface area contributed by atoms with E-state index in [-0.39, 0.29) is 0 Å². The number of aryl methyl sites for hydroxylation is 1. The molecule has 2 rings (SSSR count). The number of rotatable bonds is 0. The molecular formula is C13H13Cl. The Kier molecular flexibility index (Phi) is 4.81. The maximum absolute atomic E-state index is 5.71. The molecule has 0 bridgehead atoms. The Morgan fingerprint density at radius 1 is 0.714 bits per heavy atom. The lowest BCUT2D eigenvalue weighted by Gasteiger charge is -1.90. The minimum Gasteiger partial charge on any atom is -0.0841 e. The molecule has 0 aliphatic carbocycles. The predicted octanol–water partition coefficient (Wildman–Crippen LogP) is 4.34. The van der Waals surface area contributed by atoms with Crippen LogP contribution < -0.4 is 0 Å². The molecule has 0 nitrogen and oxygen atoms in total. The molecule has 0 spiro atoms. The van der Waals surface area contributed by atoms with Gasteiger partial charge in [0.1, 0.15) is 0 Å². The second-order valence-electron chi connectivity index (χ2n) is 2.90. The first-order valence-corrected chi connectivity index (χ1v) is 4.89. The van der Waals surface area contributed by atoms with E-state index in [9.17, 15) is 0 Å². The Labute approximate surface area is 90.2 Å². The number of hydrogen-bond acceptors (Lipinski definition) is 0. The summed E-state index contributed by atoms with van der Waals surface area (Å²) in [6.07, 6.45) is 0. The van der Waals surface area contributed by atoms with Gasteiger partial charge in [-0.3, -0.25) is 0 Å². The zero-order valence-electron chi connectivity index (χ0n) is 8.15. The second kappa shape index (κ2) is 6.22. The van der Waals surface area contributed by atoms with Crippen LogP contribution in [0.5, 0.6) is 0 Å². The fourth-order valence-corrected chi connectivity index (χ4v) is 1.07. The van der Waals surface area contributed by atoms with Crippen LogP contribution in [0.15, 0.2) is 60.7 Å². The van der Waals surface area contributed by atoms with Gasteiger partial charge in [-0.1, -0.05) is 66.2 Å². The maximum atomic E-state index is 5.71. The van der Waals surface area contributed by atoms with Crippen LogP contribution in [0.25, 0.3) is 0 Å². The van der Waals surface area contributed by atoms with Crippen LogP contribution in [0.3, 0.4) is 0 Å². The van der Waals surface area contributed by atoms with E-state index in [0.717, 1.165) is 10.6 Å². The van der Waals surface area contributed by atoms with E-state index in [4.69, 9.17) is 11.6 Å². The standard InChI is InChI=1S/C7H7Cl.C6H6/c1-6-4-2-3-5-7(6)8;1-2-4-6-5-3-1/h2-5H,1H3;1-6H. The predicted molar refractivity (Wildman–Crippen MR) is 62.6 cm³/mol. The van der Waals surface area contributed by atoms with Crippen molar-refractivity contribution in [2.75, 3.05) is 0 Å². The van der Waals surface area contributed by atoms with Crippen molar-refractivity contribution in [2.24, 2.45) is 0 Å². The van der Waals surface area contributed by atoms with Crippen molar-refractivity contribution in [3.8, 4) is 0 Å². The average Bonchev–Trinajstić information content (AvgIpc) is 2.26. The van der Waals surface area contributed by atoms with Crippen molar-refractivity contribution in [2.45, 2.75) is 6.92 Å². The fourth-order valence-electron chi connectivity index (χ4n) is 0.936. The monoisotopic (exact) mass is 204 g/mol. The molecule has 2 aromatic rings. The van der Waals surface area contributed by atoms with E-state index < -0.39 is 0 Å². The number of benzene rings is 2. The summed E-state index contributed by atoms with van der Waals surface area (Å²) in [5.41, 5.74) is 1.13. The maximum Gasteiger partial charge on any atom is 0.0435 e. The third-order valence-corrected chi connectivity index (χ3v) is 2.17. The molecule has 0 aromatic heterocycles. The van der Waals surface area contributed by atoms with Gasteiger partial charge >= 0.3 is 0 Å². The van der Waals surface area contributed by atoms with Crippen LogP contribution in [0, 0.1) is 6.92 Å². The van der Waals surface area contributed by atoms with Crippen LogP contribution in [0.1, 0.15) is 5.56 Å². The molecule has 0 saturated heterocycles. The van der Waals surface area contributed by atoms with Gasteiger partial charge in [-0.05, 0) is 18.6 Å². The first-order chi connectivity index (χ1) is 6.80. The molecule has 0 atom stereocenters. The summed E-state index contributed by atoms with van der Waals surface area (Å²) in [7, 11) is 0. The highest BCUT2D eigenvalue weighted by atomic mass is 35.5. The number of halogens is 1. The lowest BCUT2D eigenvalue weighted by Crippen LogP contribution is -1.68. The van der Waals surface area contributed by atoms with Crippen molar-refractivity contribution < 1.29 is 0 Å². The summed E-state index contributed by atoms with van der Waals surface area (Å²) >= 11 is 5.71. The quantitative estimate of drug-likeness (QED) is 0.599. The number of hydrogen-bond donors (Lipinski definition) is 0. The van der Waals surface area contributed by atoms with Gasteiger partial charge in [0.15, 0.2) is 0 Å². The molecule has 14 heavy (non-hydrogen) atoms. The van der Waals surface area contributed by atoms with Gasteiger partial charge in [0, 0.05) is 5.02 Å². The van der Waals surface area contributed by atoms with E-state index in [2.05, 4.69) is 0 Å². The SMILES string of the molecule is Cc1ccccc1Cl.c1ccccc1. The van der Waals surface area contributed by atoms with Gasteiger partial charge in [-0.2, -0.15) is 0 Å². The zero-order chi connectivity index (χ0) is 10.2. The molecule has 0 heterocycles. The van der Waals surface area contributed by atoms with Crippen LogP contribution in [-0.2, 0) is 0 Å². The Morgan fingerprint density at radius 2 is 1.14 bits per heavy atom. The lowest BCUT2D eigenvalue weighted by atomic mass is 10.2. The minimum atomic E-state index is 0.840. The molecule has 0 aliphatic rings. The third-order valence-electron chi connectivity index (χ3n) is 1.74. The van der Waals surface area contributed by atoms with Gasteiger partial charge in [0.05, 0.1) is 0 Å². The molecule has 0 amide bonds. The second-order valence-corrected chi connectivity index (χ2v) is 3.31. The van der Waals surface area contributed by atoms with Crippen molar-refractivity contribution in [1.29, 1.82) is 0 Å². The molecule has 0 unspecified atom stereocenters. The highest BCUT2D eigenvalue weighted by Gasteiger charge is 1.86. The molecule has 0 N–H and O–H groups in total. The Morgan fingerprint density at radius 3 is 1.43 bits per heavy atom. The summed E-state index contributed by atoms with van der Waals surface area (Å²) in [5, 5.41) is 0.840. The van der Waals surface area contributed by atoms with E-state index in [1.807, 2.05) is 67.6 Å².